The van der Waals surface area contributed by atoms with E-state index in [1.807, 2.05) is 25.2 Å². The molecule has 5 heteroatoms. The molecule has 1 atom stereocenters. The van der Waals surface area contributed by atoms with Crippen LogP contribution in [0.15, 0.2) is 35.2 Å². The van der Waals surface area contributed by atoms with Crippen LogP contribution in [0.25, 0.3) is 0 Å². The van der Waals surface area contributed by atoms with Gasteiger partial charge in [0.1, 0.15) is 5.82 Å². The summed E-state index contributed by atoms with van der Waals surface area (Å²) in [6.07, 6.45) is 2.72. The van der Waals surface area contributed by atoms with Crippen LogP contribution in [0.2, 0.25) is 0 Å². The van der Waals surface area contributed by atoms with Gasteiger partial charge in [0.15, 0.2) is 0 Å². The Morgan fingerprint density at radius 1 is 1.65 bits per heavy atom. The molecular formula is C12H19N3S2. The van der Waals surface area contributed by atoms with E-state index in [0.29, 0.717) is 0 Å². The van der Waals surface area contributed by atoms with Gasteiger partial charge >= 0.3 is 0 Å². The van der Waals surface area contributed by atoms with Crippen molar-refractivity contribution in [3.63, 3.8) is 0 Å². The molecule has 1 N–H and O–H groups in total. The highest BCUT2D eigenvalue weighted by molar-refractivity contribution is 8.14. The molecule has 0 saturated heterocycles. The molecule has 0 aliphatic heterocycles. The molecule has 1 unspecified atom stereocenters. The third-order valence-electron chi connectivity index (χ3n) is 2.69. The predicted molar refractivity (Wildman–Crippen MR) is 80.0 cm³/mol. The summed E-state index contributed by atoms with van der Waals surface area (Å²) in [5.41, 5.74) is -0.190. The molecular weight excluding hydrogens is 250 g/mol. The van der Waals surface area contributed by atoms with Gasteiger partial charge in [-0.15, -0.1) is 12.6 Å². The monoisotopic (exact) mass is 269 g/mol. The maximum Gasteiger partial charge on any atom is 0.127 e. The Hall–Kier alpha value is -0.650. The predicted octanol–water partition coefficient (Wildman–Crippen LogP) is 3.60. The molecule has 94 valence electrons. The normalized spacial score (nSPS) is 14.4. The number of nitrogens with one attached hydrogen (secondary N) is 1. The van der Waals surface area contributed by atoms with Crippen LogP contribution in [-0.4, -0.2) is 22.0 Å². The van der Waals surface area contributed by atoms with Gasteiger partial charge < -0.3 is 5.32 Å². The van der Waals surface area contributed by atoms with Gasteiger partial charge in [-0.3, -0.25) is 0 Å². The zero-order chi connectivity index (χ0) is 12.9. The Morgan fingerprint density at radius 2 is 2.35 bits per heavy atom. The lowest BCUT2D eigenvalue weighted by Gasteiger charge is -2.38. The molecule has 0 bridgehead atoms. The lowest BCUT2D eigenvalue weighted by atomic mass is 10.1. The summed E-state index contributed by atoms with van der Waals surface area (Å²) in [4.78, 5) is 4.28. The Morgan fingerprint density at radius 3 is 2.82 bits per heavy atom. The molecule has 17 heavy (non-hydrogen) atoms. The van der Waals surface area contributed by atoms with Gasteiger partial charge in [0.2, 0.25) is 0 Å². The summed E-state index contributed by atoms with van der Waals surface area (Å²) >= 11 is 5.74. The van der Waals surface area contributed by atoms with Crippen LogP contribution in [-0.2, 0) is 0 Å². The fraction of sp³-hybridized carbons (Fsp3) is 0.417. The van der Waals surface area contributed by atoms with E-state index in [4.69, 9.17) is 0 Å². The van der Waals surface area contributed by atoms with Crippen LogP contribution in [0.4, 0.5) is 5.82 Å². The largest absolute Gasteiger partial charge is 0.351 e. The number of aromatic nitrogens is 1. The van der Waals surface area contributed by atoms with Crippen LogP contribution in [0.1, 0.15) is 20.3 Å². The highest BCUT2D eigenvalue weighted by atomic mass is 32.2. The minimum atomic E-state index is -0.190. The lowest BCUT2D eigenvalue weighted by Crippen LogP contribution is -2.46. The van der Waals surface area contributed by atoms with Crippen LogP contribution in [0.5, 0.6) is 0 Å². The van der Waals surface area contributed by atoms with Gasteiger partial charge in [-0.2, -0.15) is 0 Å². The molecule has 1 aromatic heterocycles. The fourth-order valence-corrected chi connectivity index (χ4v) is 2.42. The number of thiol groups is 1. The van der Waals surface area contributed by atoms with Crippen molar-refractivity contribution in [2.75, 3.05) is 12.4 Å². The number of nitrogens with zero attached hydrogens (tertiary/aromatic N) is 2. The summed E-state index contributed by atoms with van der Waals surface area (Å²) in [5, 5.41) is 3.43. The standard InChI is InChI=1S/C12H19N3S2/c1-5-12(3,15(4)17-10(2)16)14-11-8-6-7-9-13-11/h6-9,16H,2,5H2,1,3-4H3,(H,13,14). The molecule has 0 fully saturated rings. The van der Waals surface area contributed by atoms with E-state index in [1.54, 1.807) is 6.20 Å². The second-order valence-electron chi connectivity index (χ2n) is 3.95. The Bertz CT molecular complexity index is 369. The molecule has 0 amide bonds. The first-order valence-corrected chi connectivity index (χ1v) is 6.69. The van der Waals surface area contributed by atoms with Crippen molar-refractivity contribution < 1.29 is 0 Å². The molecule has 0 saturated carbocycles. The minimum Gasteiger partial charge on any atom is -0.351 e. The van der Waals surface area contributed by atoms with Crippen molar-refractivity contribution in [3.05, 3.63) is 35.2 Å². The molecule has 0 aromatic carbocycles. The van der Waals surface area contributed by atoms with Crippen LogP contribution in [0.3, 0.4) is 0 Å². The summed E-state index contributed by atoms with van der Waals surface area (Å²) in [5.74, 6) is 0.870. The smallest absolute Gasteiger partial charge is 0.127 e. The quantitative estimate of drug-likeness (QED) is 0.469. The first-order valence-electron chi connectivity index (χ1n) is 5.47. The highest BCUT2D eigenvalue weighted by Gasteiger charge is 2.28. The number of anilines is 1. The highest BCUT2D eigenvalue weighted by Crippen LogP contribution is 2.30. The molecule has 0 spiro atoms. The van der Waals surface area contributed by atoms with E-state index in [9.17, 15) is 0 Å². The van der Waals surface area contributed by atoms with E-state index in [0.717, 1.165) is 16.5 Å². The van der Waals surface area contributed by atoms with E-state index in [2.05, 4.69) is 47.7 Å². The number of hydrogen-bond acceptors (Lipinski definition) is 5. The first-order chi connectivity index (χ1) is 7.98. The molecule has 0 radical (unpaired) electrons. The maximum absolute atomic E-state index is 4.28. The summed E-state index contributed by atoms with van der Waals surface area (Å²) in [7, 11) is 2.02. The third-order valence-corrected chi connectivity index (χ3v) is 3.82. The van der Waals surface area contributed by atoms with Crippen molar-refractivity contribution in [3.8, 4) is 0 Å². The average Bonchev–Trinajstić information content (AvgIpc) is 2.29. The molecule has 0 aliphatic rings. The molecule has 1 heterocycles. The zero-order valence-corrected chi connectivity index (χ0v) is 12.2. The molecule has 1 aromatic rings. The van der Waals surface area contributed by atoms with Crippen molar-refractivity contribution in [2.24, 2.45) is 0 Å². The lowest BCUT2D eigenvalue weighted by molar-refractivity contribution is 0.292. The van der Waals surface area contributed by atoms with Crippen LogP contribution < -0.4 is 5.32 Å². The molecule has 3 nitrogen and oxygen atoms in total. The second kappa shape index (κ2) is 6.33. The van der Waals surface area contributed by atoms with Gasteiger partial charge in [-0.25, -0.2) is 9.29 Å². The Kier molecular flexibility index (Phi) is 5.36. The van der Waals surface area contributed by atoms with Gasteiger partial charge in [0, 0.05) is 17.5 Å². The number of pyridine rings is 1. The topological polar surface area (TPSA) is 28.2 Å². The first kappa shape index (κ1) is 14.4. The third kappa shape index (κ3) is 4.26. The van der Waals surface area contributed by atoms with Crippen molar-refractivity contribution in [1.82, 2.24) is 9.29 Å². The summed E-state index contributed by atoms with van der Waals surface area (Å²) in [6.45, 7) is 8.06. The zero-order valence-electron chi connectivity index (χ0n) is 10.5. The summed E-state index contributed by atoms with van der Waals surface area (Å²) in [6, 6.07) is 5.83. The second-order valence-corrected chi connectivity index (χ2v) is 6.02. The molecule has 0 aliphatic carbocycles. The summed E-state index contributed by atoms with van der Waals surface area (Å²) < 4.78 is 2.88. The van der Waals surface area contributed by atoms with Gasteiger partial charge in [0.05, 0.1) is 5.66 Å². The van der Waals surface area contributed by atoms with E-state index in [-0.39, 0.29) is 5.66 Å². The van der Waals surface area contributed by atoms with Gasteiger partial charge in [-0.05, 0) is 37.4 Å². The maximum atomic E-state index is 4.28. The van der Waals surface area contributed by atoms with Crippen molar-refractivity contribution in [1.29, 1.82) is 0 Å². The Labute approximate surface area is 113 Å². The van der Waals surface area contributed by atoms with Gasteiger partial charge in [-0.1, -0.05) is 19.6 Å². The van der Waals surface area contributed by atoms with E-state index in [1.165, 1.54) is 11.9 Å². The van der Waals surface area contributed by atoms with Crippen molar-refractivity contribution in [2.45, 2.75) is 25.9 Å². The van der Waals surface area contributed by atoms with Crippen molar-refractivity contribution >= 4 is 30.4 Å². The van der Waals surface area contributed by atoms with Gasteiger partial charge in [0.25, 0.3) is 0 Å². The van der Waals surface area contributed by atoms with Crippen LogP contribution >= 0.6 is 24.6 Å². The van der Waals surface area contributed by atoms with Crippen LogP contribution in [0, 0.1) is 0 Å². The van der Waals surface area contributed by atoms with E-state index < -0.39 is 0 Å². The minimum absolute atomic E-state index is 0.190. The molecule has 1 rings (SSSR count). The SMILES string of the molecule is C=C(S)SN(C)C(C)(CC)Nc1ccccn1. The number of rotatable bonds is 6. The fourth-order valence-electron chi connectivity index (χ4n) is 1.36. The Balaban J connectivity index is 2.78. The van der Waals surface area contributed by atoms with E-state index >= 15 is 0 Å². The average molecular weight is 269 g/mol. The number of hydrogen-bond donors (Lipinski definition) is 2.